The summed E-state index contributed by atoms with van der Waals surface area (Å²) in [4.78, 5) is 25.8. The van der Waals surface area contributed by atoms with E-state index in [1.807, 2.05) is 6.07 Å². The molecule has 3 aromatic heterocycles. The zero-order valence-electron chi connectivity index (χ0n) is 47.1. The summed E-state index contributed by atoms with van der Waals surface area (Å²) in [5, 5.41) is 0. The van der Waals surface area contributed by atoms with Gasteiger partial charge in [0.15, 0.2) is 0 Å². The van der Waals surface area contributed by atoms with E-state index >= 15 is 0 Å². The summed E-state index contributed by atoms with van der Waals surface area (Å²) < 4.78 is 10.6. The van der Waals surface area contributed by atoms with E-state index in [4.69, 9.17) is 9.47 Å². The van der Waals surface area contributed by atoms with E-state index in [-0.39, 0.29) is 0 Å². The molecule has 3 saturated heterocycles. The van der Waals surface area contributed by atoms with Gasteiger partial charge in [-0.3, -0.25) is 24.8 Å². The quantitative estimate of drug-likeness (QED) is 0.128. The zero-order chi connectivity index (χ0) is 52.1. The third-order valence-electron chi connectivity index (χ3n) is 14.0. The summed E-state index contributed by atoms with van der Waals surface area (Å²) in [7, 11) is 0. The molecule has 72 heavy (non-hydrogen) atoms. The molecule has 3 aliphatic heterocycles. The summed E-state index contributed by atoms with van der Waals surface area (Å²) >= 11 is 0. The van der Waals surface area contributed by atoms with E-state index in [1.165, 1.54) is 92.5 Å². The Morgan fingerprint density at radius 3 is 1.61 bits per heavy atom. The lowest BCUT2D eigenvalue weighted by Crippen LogP contribution is -2.35. The topological polar surface area (TPSA) is 89.4 Å². The Kier molecular flexibility index (Phi) is 28.5. The highest BCUT2D eigenvalue weighted by Gasteiger charge is 2.18. The summed E-state index contributed by atoms with van der Waals surface area (Å²) in [6.07, 6.45) is 19.7. The van der Waals surface area contributed by atoms with Crippen molar-refractivity contribution >= 4 is 0 Å². The Hall–Kier alpha value is -4.41. The van der Waals surface area contributed by atoms with Gasteiger partial charge in [0.1, 0.15) is 5.82 Å². The number of morpholine rings is 1. The molecule has 0 spiro atoms. The standard InChI is InChI=1S/C14H21N.C14H20.C13H20N2O.C8H16O.2C7H10N2/c1-12(2)14-7-5-13(6-8-14)11-15-9-3-4-10-15;1-11(2)13-8-5-9-14(10-13)12-6-3-4-7-12;1-11(2)13-5-3-4-12(14-13)10-15-6-8-16-9-7-15;1-7(2)8-3-5-9-6-4-8;1-6(2)7-5-8-3-4-9-7;1-6(2)7-8-4-3-5-9-7/h5-8,12H,3-4,9-11H2,1-2H3;5,8-12H,3-4,6-7H2,1-2H3;3-5,11H,6-10H2,1-2H3;7-8H,3-6H2,1-2H3;2*3-6H,1-2H3. The highest BCUT2D eigenvalue weighted by atomic mass is 16.5. The van der Waals surface area contributed by atoms with Crippen LogP contribution < -0.4 is 0 Å². The van der Waals surface area contributed by atoms with Crippen molar-refractivity contribution in [1.82, 2.24) is 34.7 Å². The zero-order valence-corrected chi connectivity index (χ0v) is 47.1. The number of pyridine rings is 1. The van der Waals surface area contributed by atoms with Gasteiger partial charge in [0.25, 0.3) is 0 Å². The molecule has 5 aromatic rings. The average Bonchev–Trinajstić information content (AvgIpc) is 4.15. The number of ether oxygens (including phenoxy) is 2. The number of likely N-dealkylation sites (tertiary alicyclic amines) is 1. The van der Waals surface area contributed by atoms with Crippen LogP contribution in [-0.4, -0.2) is 87.3 Å². The smallest absolute Gasteiger partial charge is 0.130 e. The fourth-order valence-corrected chi connectivity index (χ4v) is 9.13. The van der Waals surface area contributed by atoms with Gasteiger partial charge in [-0.1, -0.05) is 151 Å². The van der Waals surface area contributed by atoms with Crippen LogP contribution in [0.5, 0.6) is 0 Å². The van der Waals surface area contributed by atoms with Gasteiger partial charge in [0, 0.05) is 82.0 Å². The third-order valence-corrected chi connectivity index (χ3v) is 14.0. The molecule has 1 saturated carbocycles. The van der Waals surface area contributed by atoms with E-state index in [0.717, 1.165) is 81.9 Å². The molecule has 9 heteroatoms. The highest BCUT2D eigenvalue weighted by Crippen LogP contribution is 2.35. The fraction of sp³-hybridized carbons (Fsp3) is 0.603. The molecule has 0 atom stereocenters. The van der Waals surface area contributed by atoms with Crippen LogP contribution in [0, 0.1) is 11.8 Å². The lowest BCUT2D eigenvalue weighted by atomic mass is 9.89. The Labute approximate surface area is 438 Å². The molecule has 4 aliphatic rings. The van der Waals surface area contributed by atoms with E-state index in [0.29, 0.717) is 29.6 Å². The molecule has 9 rings (SSSR count). The van der Waals surface area contributed by atoms with Gasteiger partial charge in [-0.2, -0.15) is 0 Å². The molecule has 396 valence electrons. The van der Waals surface area contributed by atoms with Gasteiger partial charge in [-0.05, 0) is 133 Å². The molecule has 0 bridgehead atoms. The van der Waals surface area contributed by atoms with Gasteiger partial charge in [0.05, 0.1) is 24.6 Å². The number of benzene rings is 2. The minimum atomic E-state index is 0.436. The van der Waals surface area contributed by atoms with Crippen LogP contribution in [0.1, 0.15) is 215 Å². The maximum Gasteiger partial charge on any atom is 0.130 e. The largest absolute Gasteiger partial charge is 0.381 e. The van der Waals surface area contributed by atoms with E-state index in [1.54, 1.807) is 36.5 Å². The van der Waals surface area contributed by atoms with Crippen LogP contribution in [0.2, 0.25) is 0 Å². The van der Waals surface area contributed by atoms with E-state index in [9.17, 15) is 0 Å². The molecule has 2 aromatic carbocycles. The monoisotopic (exact) mass is 984 g/mol. The predicted molar refractivity (Wildman–Crippen MR) is 302 cm³/mol. The van der Waals surface area contributed by atoms with Gasteiger partial charge >= 0.3 is 0 Å². The van der Waals surface area contributed by atoms with Crippen molar-refractivity contribution in [1.29, 1.82) is 0 Å². The Bertz CT molecular complexity index is 2060. The SMILES string of the molecule is CC(C)C1CCOCC1.CC(C)c1ccc(CN2CCCC2)cc1.CC(C)c1cccc(C2CCCC2)c1.CC(C)c1cccc(CN2CCOCC2)n1.CC(C)c1cnccn1.CC(C)c1ncccn1. The van der Waals surface area contributed by atoms with Crippen molar-refractivity contribution in [2.75, 3.05) is 52.6 Å². The van der Waals surface area contributed by atoms with Crippen molar-refractivity contribution in [2.45, 2.75) is 183 Å². The van der Waals surface area contributed by atoms with Gasteiger partial charge in [0.2, 0.25) is 0 Å². The van der Waals surface area contributed by atoms with Crippen molar-refractivity contribution in [3.05, 3.63) is 149 Å². The molecule has 0 N–H and O–H groups in total. The maximum atomic E-state index is 5.34. The first-order valence-corrected chi connectivity index (χ1v) is 28.0. The van der Waals surface area contributed by atoms with Crippen molar-refractivity contribution in [3.8, 4) is 0 Å². The van der Waals surface area contributed by atoms with Crippen LogP contribution in [-0.2, 0) is 22.6 Å². The second-order valence-corrected chi connectivity index (χ2v) is 22.0. The van der Waals surface area contributed by atoms with E-state index in [2.05, 4.69) is 185 Å². The number of hydrogen-bond acceptors (Lipinski definition) is 9. The van der Waals surface area contributed by atoms with E-state index < -0.39 is 0 Å². The number of nitrogens with zero attached hydrogens (tertiary/aromatic N) is 7. The van der Waals surface area contributed by atoms with Crippen molar-refractivity contribution in [2.24, 2.45) is 11.8 Å². The lowest BCUT2D eigenvalue weighted by molar-refractivity contribution is 0.0336. The Morgan fingerprint density at radius 1 is 0.500 bits per heavy atom. The van der Waals surface area contributed by atoms with Crippen LogP contribution in [0.25, 0.3) is 0 Å². The molecule has 0 radical (unpaired) electrons. The van der Waals surface area contributed by atoms with Gasteiger partial charge < -0.3 is 9.47 Å². The molecule has 0 amide bonds. The second kappa shape index (κ2) is 34.1. The molecule has 4 fully saturated rings. The van der Waals surface area contributed by atoms with Gasteiger partial charge in [-0.15, -0.1) is 0 Å². The summed E-state index contributed by atoms with van der Waals surface area (Å²) in [5.41, 5.74) is 9.39. The Balaban J connectivity index is 0.000000191. The highest BCUT2D eigenvalue weighted by molar-refractivity contribution is 5.29. The molecule has 9 nitrogen and oxygen atoms in total. The minimum absolute atomic E-state index is 0.436. The summed E-state index contributed by atoms with van der Waals surface area (Å²) in [6.45, 7) is 36.7. The molecular weight excluding hydrogens is 887 g/mol. The molecule has 0 unspecified atom stereocenters. The average molecular weight is 985 g/mol. The summed E-state index contributed by atoms with van der Waals surface area (Å²) in [5.74, 6) is 6.29. The molecular formula is C63H97N7O2. The van der Waals surface area contributed by atoms with Crippen LogP contribution in [0.4, 0.5) is 0 Å². The fourth-order valence-electron chi connectivity index (χ4n) is 9.13. The third kappa shape index (κ3) is 23.6. The first kappa shape index (κ1) is 60.1. The first-order chi connectivity index (χ1) is 34.7. The van der Waals surface area contributed by atoms with Crippen LogP contribution in [0.15, 0.2) is 104 Å². The maximum absolute atomic E-state index is 5.34. The molecule has 1 aliphatic carbocycles. The van der Waals surface area contributed by atoms with Crippen molar-refractivity contribution in [3.63, 3.8) is 0 Å². The summed E-state index contributed by atoms with van der Waals surface area (Å²) in [6, 6.07) is 26.5. The number of aromatic nitrogens is 5. The van der Waals surface area contributed by atoms with Crippen LogP contribution in [0.3, 0.4) is 0 Å². The van der Waals surface area contributed by atoms with Crippen molar-refractivity contribution < 1.29 is 9.47 Å². The normalized spacial score (nSPS) is 16.5. The molecule has 6 heterocycles. The lowest BCUT2D eigenvalue weighted by Gasteiger charge is -2.26. The number of rotatable bonds is 11. The first-order valence-electron chi connectivity index (χ1n) is 28.0. The Morgan fingerprint density at radius 2 is 1.10 bits per heavy atom. The second-order valence-electron chi connectivity index (χ2n) is 22.0. The van der Waals surface area contributed by atoms with Crippen LogP contribution >= 0.6 is 0 Å². The van der Waals surface area contributed by atoms with Gasteiger partial charge in [-0.25, -0.2) is 9.97 Å². The predicted octanol–water partition coefficient (Wildman–Crippen LogP) is 15.2. The number of hydrogen-bond donors (Lipinski definition) is 0. The minimum Gasteiger partial charge on any atom is -0.381 e.